The van der Waals surface area contributed by atoms with Crippen LogP contribution in [0.15, 0.2) is 35.9 Å². The summed E-state index contributed by atoms with van der Waals surface area (Å²) in [4.78, 5) is 10.9. The van der Waals surface area contributed by atoms with Gasteiger partial charge in [0.05, 0.1) is 6.61 Å². The first-order chi connectivity index (χ1) is 9.19. The average molecular weight is 263 g/mol. The van der Waals surface area contributed by atoms with Gasteiger partial charge in [-0.25, -0.2) is 4.79 Å². The first-order valence-electron chi connectivity index (χ1n) is 6.42. The number of ether oxygens (including phenoxy) is 1. The summed E-state index contributed by atoms with van der Waals surface area (Å²) in [5.41, 5.74) is 2.63. The first kappa shape index (κ1) is 15.2. The van der Waals surface area contributed by atoms with E-state index >= 15 is 0 Å². The fraction of sp³-hybridized carbons (Fsp3) is 0.400. The zero-order valence-electron chi connectivity index (χ0n) is 11.5. The summed E-state index contributed by atoms with van der Waals surface area (Å²) < 4.78 is 5.07. The molecule has 0 heterocycles. The lowest BCUT2D eigenvalue weighted by atomic mass is 10.1. The maximum absolute atomic E-state index is 10.9. The lowest BCUT2D eigenvalue weighted by molar-refractivity contribution is -0.132. The number of carboxylic acids is 1. The van der Waals surface area contributed by atoms with Gasteiger partial charge in [0.15, 0.2) is 0 Å². The topological polar surface area (TPSA) is 58.6 Å². The number of carboxylic acid groups (broad SMARTS) is 1. The van der Waals surface area contributed by atoms with E-state index in [9.17, 15) is 4.79 Å². The molecule has 0 bridgehead atoms. The number of hydrogen-bond acceptors (Lipinski definition) is 3. The molecule has 0 radical (unpaired) electrons. The Morgan fingerprint density at radius 1 is 1.42 bits per heavy atom. The standard InChI is InChI=1S/C15H21NO3/c1-3-12(15(17)18)8-10-16-14-7-5-4-6-13(14)9-11-19-2/h4-8,16H,3,9-11H2,1-2H3,(H,17,18)/b12-8-. The third-order valence-corrected chi connectivity index (χ3v) is 2.89. The van der Waals surface area contributed by atoms with E-state index in [0.29, 0.717) is 25.1 Å². The zero-order valence-corrected chi connectivity index (χ0v) is 11.5. The van der Waals surface area contributed by atoms with Crippen molar-refractivity contribution in [2.75, 3.05) is 25.6 Å². The molecule has 2 N–H and O–H groups in total. The summed E-state index contributed by atoms with van der Waals surface area (Å²) >= 11 is 0. The zero-order chi connectivity index (χ0) is 14.1. The third-order valence-electron chi connectivity index (χ3n) is 2.89. The van der Waals surface area contributed by atoms with Crippen molar-refractivity contribution in [1.29, 1.82) is 0 Å². The molecule has 0 aromatic heterocycles. The van der Waals surface area contributed by atoms with E-state index in [1.165, 1.54) is 5.56 Å². The van der Waals surface area contributed by atoms with Gasteiger partial charge in [-0.15, -0.1) is 0 Å². The number of benzene rings is 1. The highest BCUT2D eigenvalue weighted by atomic mass is 16.5. The second kappa shape index (κ2) is 8.32. The van der Waals surface area contributed by atoms with Crippen molar-refractivity contribution in [3.63, 3.8) is 0 Å². The van der Waals surface area contributed by atoms with Gasteiger partial charge in [0, 0.05) is 24.9 Å². The molecule has 0 atom stereocenters. The van der Waals surface area contributed by atoms with E-state index in [1.54, 1.807) is 13.2 Å². The van der Waals surface area contributed by atoms with Crippen LogP contribution in [0.1, 0.15) is 18.9 Å². The lowest BCUT2D eigenvalue weighted by Gasteiger charge is -2.10. The minimum Gasteiger partial charge on any atom is -0.478 e. The molecule has 1 rings (SSSR count). The molecule has 0 fully saturated rings. The Morgan fingerprint density at radius 2 is 2.16 bits per heavy atom. The van der Waals surface area contributed by atoms with E-state index in [2.05, 4.69) is 5.32 Å². The van der Waals surface area contributed by atoms with Gasteiger partial charge in [-0.2, -0.15) is 0 Å². The SMILES string of the molecule is CC/C(=C/CNc1ccccc1CCOC)C(=O)O. The number of para-hydroxylation sites is 1. The second-order valence-corrected chi connectivity index (χ2v) is 4.17. The Morgan fingerprint density at radius 3 is 2.79 bits per heavy atom. The van der Waals surface area contributed by atoms with Crippen molar-refractivity contribution >= 4 is 11.7 Å². The molecule has 0 aliphatic carbocycles. The molecule has 0 unspecified atom stereocenters. The second-order valence-electron chi connectivity index (χ2n) is 4.17. The predicted molar refractivity (Wildman–Crippen MR) is 76.5 cm³/mol. The van der Waals surface area contributed by atoms with Gasteiger partial charge in [-0.3, -0.25) is 0 Å². The summed E-state index contributed by atoms with van der Waals surface area (Å²) in [7, 11) is 1.68. The Bertz CT molecular complexity index is 441. The number of rotatable bonds is 8. The van der Waals surface area contributed by atoms with E-state index < -0.39 is 5.97 Å². The van der Waals surface area contributed by atoms with Crippen LogP contribution in [0.25, 0.3) is 0 Å². The maximum atomic E-state index is 10.9. The highest BCUT2D eigenvalue weighted by molar-refractivity contribution is 5.86. The number of hydrogen-bond donors (Lipinski definition) is 2. The van der Waals surface area contributed by atoms with Crippen molar-refractivity contribution in [3.05, 3.63) is 41.5 Å². The minimum absolute atomic E-state index is 0.432. The highest BCUT2D eigenvalue weighted by Gasteiger charge is 2.04. The third kappa shape index (κ3) is 5.14. The van der Waals surface area contributed by atoms with Gasteiger partial charge >= 0.3 is 5.97 Å². The van der Waals surface area contributed by atoms with Crippen LogP contribution in [0.4, 0.5) is 5.69 Å². The van der Waals surface area contributed by atoms with Crippen LogP contribution in [-0.4, -0.2) is 31.3 Å². The van der Waals surface area contributed by atoms with Gasteiger partial charge in [-0.05, 0) is 24.5 Å². The van der Waals surface area contributed by atoms with Crippen LogP contribution < -0.4 is 5.32 Å². The van der Waals surface area contributed by atoms with E-state index in [1.807, 2.05) is 31.2 Å². The Labute approximate surface area is 114 Å². The predicted octanol–water partition coefficient (Wildman–Crippen LogP) is 2.71. The van der Waals surface area contributed by atoms with Crippen molar-refractivity contribution in [3.8, 4) is 0 Å². The van der Waals surface area contributed by atoms with Gasteiger partial charge in [-0.1, -0.05) is 31.2 Å². The minimum atomic E-state index is -0.850. The Hall–Kier alpha value is -1.81. The first-order valence-corrected chi connectivity index (χ1v) is 6.42. The molecule has 0 saturated carbocycles. The molecule has 0 aliphatic heterocycles. The van der Waals surface area contributed by atoms with Gasteiger partial charge in [0.1, 0.15) is 0 Å². The smallest absolute Gasteiger partial charge is 0.331 e. The average Bonchev–Trinajstić information content (AvgIpc) is 2.42. The normalized spacial score (nSPS) is 11.4. The van der Waals surface area contributed by atoms with Gasteiger partial charge < -0.3 is 15.2 Å². The highest BCUT2D eigenvalue weighted by Crippen LogP contribution is 2.15. The van der Waals surface area contributed by atoms with Crippen LogP contribution in [0.2, 0.25) is 0 Å². The molecule has 0 amide bonds. The molecular weight excluding hydrogens is 242 g/mol. The summed E-state index contributed by atoms with van der Waals surface area (Å²) in [6.07, 6.45) is 3.08. The number of anilines is 1. The molecule has 0 aliphatic rings. The molecule has 0 spiro atoms. The molecule has 1 aromatic rings. The Kier molecular flexibility index (Phi) is 6.68. The van der Waals surface area contributed by atoms with Crippen LogP contribution in [0.3, 0.4) is 0 Å². The number of methoxy groups -OCH3 is 1. The van der Waals surface area contributed by atoms with Crippen molar-refractivity contribution in [2.24, 2.45) is 0 Å². The van der Waals surface area contributed by atoms with Gasteiger partial charge in [0.25, 0.3) is 0 Å². The quantitative estimate of drug-likeness (QED) is 0.708. The fourth-order valence-corrected chi connectivity index (χ4v) is 1.79. The largest absolute Gasteiger partial charge is 0.478 e. The summed E-state index contributed by atoms with van der Waals surface area (Å²) in [6, 6.07) is 7.98. The molecule has 19 heavy (non-hydrogen) atoms. The van der Waals surface area contributed by atoms with Crippen molar-refractivity contribution < 1.29 is 14.6 Å². The van der Waals surface area contributed by atoms with Crippen LogP contribution in [-0.2, 0) is 16.0 Å². The molecular formula is C15H21NO3. The number of aliphatic carboxylic acids is 1. The summed E-state index contributed by atoms with van der Waals surface area (Å²) in [6.45, 7) is 3.02. The number of nitrogens with one attached hydrogen (secondary N) is 1. The molecule has 1 aromatic carbocycles. The molecule has 4 nitrogen and oxygen atoms in total. The molecule has 0 saturated heterocycles. The van der Waals surface area contributed by atoms with Crippen molar-refractivity contribution in [1.82, 2.24) is 0 Å². The van der Waals surface area contributed by atoms with Crippen molar-refractivity contribution in [2.45, 2.75) is 19.8 Å². The van der Waals surface area contributed by atoms with Crippen LogP contribution in [0, 0.1) is 0 Å². The molecule has 104 valence electrons. The van der Waals surface area contributed by atoms with Crippen LogP contribution in [0.5, 0.6) is 0 Å². The van der Waals surface area contributed by atoms with Crippen LogP contribution >= 0.6 is 0 Å². The van der Waals surface area contributed by atoms with E-state index in [0.717, 1.165) is 12.1 Å². The van der Waals surface area contributed by atoms with E-state index in [-0.39, 0.29) is 0 Å². The lowest BCUT2D eigenvalue weighted by Crippen LogP contribution is -2.07. The molecule has 4 heteroatoms. The van der Waals surface area contributed by atoms with E-state index in [4.69, 9.17) is 9.84 Å². The number of carbonyl (C=O) groups is 1. The fourth-order valence-electron chi connectivity index (χ4n) is 1.79. The maximum Gasteiger partial charge on any atom is 0.331 e. The monoisotopic (exact) mass is 263 g/mol. The summed E-state index contributed by atoms with van der Waals surface area (Å²) in [5.74, 6) is -0.850. The van der Waals surface area contributed by atoms with Gasteiger partial charge in [0.2, 0.25) is 0 Å². The summed E-state index contributed by atoms with van der Waals surface area (Å²) in [5, 5.41) is 12.2. The Balaban J connectivity index is 2.64.